The van der Waals surface area contributed by atoms with Crippen LogP contribution in [-0.4, -0.2) is 18.2 Å². The number of allylic oxidation sites excluding steroid dienone is 1. The Kier molecular flexibility index (Phi) is 4.21. The fraction of sp³-hybridized carbons (Fsp3) is 0.182. The molecule has 1 aromatic rings. The molecule has 5 heteroatoms. The van der Waals surface area contributed by atoms with Gasteiger partial charge in [0, 0.05) is 6.08 Å². The first-order valence-corrected chi connectivity index (χ1v) is 5.16. The van der Waals surface area contributed by atoms with Crippen molar-refractivity contribution in [2.75, 3.05) is 7.11 Å². The van der Waals surface area contributed by atoms with Crippen LogP contribution in [0.25, 0.3) is 5.57 Å². The van der Waals surface area contributed by atoms with E-state index < -0.39 is 5.97 Å². The molecule has 0 heterocycles. The van der Waals surface area contributed by atoms with E-state index in [2.05, 4.69) is 0 Å². The molecule has 0 unspecified atom stereocenters. The maximum Gasteiger partial charge on any atom is 0.328 e. The summed E-state index contributed by atoms with van der Waals surface area (Å²) in [6.07, 6.45) is 1.09. The maximum atomic E-state index is 10.5. The molecule has 0 aliphatic rings. The summed E-state index contributed by atoms with van der Waals surface area (Å²) in [4.78, 5) is 10.5. The van der Waals surface area contributed by atoms with Gasteiger partial charge in [-0.3, -0.25) is 0 Å². The average molecular weight is 261 g/mol. The molecule has 0 spiro atoms. The van der Waals surface area contributed by atoms with Crippen molar-refractivity contribution in [1.29, 1.82) is 0 Å². The highest BCUT2D eigenvalue weighted by Crippen LogP contribution is 2.35. The molecule has 0 aliphatic heterocycles. The van der Waals surface area contributed by atoms with Gasteiger partial charge in [-0.25, -0.2) is 4.79 Å². The van der Waals surface area contributed by atoms with E-state index in [1.54, 1.807) is 19.1 Å². The highest BCUT2D eigenvalue weighted by molar-refractivity contribution is 6.37. The zero-order chi connectivity index (χ0) is 12.3. The van der Waals surface area contributed by atoms with E-state index >= 15 is 0 Å². The van der Waals surface area contributed by atoms with E-state index in [-0.39, 0.29) is 0 Å². The Morgan fingerprint density at radius 3 is 2.25 bits per heavy atom. The summed E-state index contributed by atoms with van der Waals surface area (Å²) in [5.41, 5.74) is 1.22. The first-order chi connectivity index (χ1) is 7.45. The SMILES string of the molecule is COc1c(Cl)cc(/C(C)=C/C(=O)O)cc1Cl. The zero-order valence-electron chi connectivity index (χ0n) is 8.75. The van der Waals surface area contributed by atoms with Gasteiger partial charge in [0.15, 0.2) is 5.75 Å². The second-order valence-corrected chi connectivity index (χ2v) is 3.95. The number of carbonyl (C=O) groups is 1. The van der Waals surface area contributed by atoms with Gasteiger partial charge in [0.25, 0.3) is 0 Å². The summed E-state index contributed by atoms with van der Waals surface area (Å²) in [6, 6.07) is 3.22. The molecular weight excluding hydrogens is 251 g/mol. The van der Waals surface area contributed by atoms with Gasteiger partial charge >= 0.3 is 5.97 Å². The van der Waals surface area contributed by atoms with Crippen LogP contribution in [0.2, 0.25) is 10.0 Å². The number of hydrogen-bond donors (Lipinski definition) is 1. The molecule has 0 radical (unpaired) electrons. The summed E-state index contributed by atoms with van der Waals surface area (Å²) < 4.78 is 4.99. The van der Waals surface area contributed by atoms with Gasteiger partial charge in [-0.15, -0.1) is 0 Å². The van der Waals surface area contributed by atoms with Crippen LogP contribution >= 0.6 is 23.2 Å². The van der Waals surface area contributed by atoms with Crippen molar-refractivity contribution in [1.82, 2.24) is 0 Å². The van der Waals surface area contributed by atoms with Crippen LogP contribution in [-0.2, 0) is 4.79 Å². The number of rotatable bonds is 3. The van der Waals surface area contributed by atoms with E-state index in [9.17, 15) is 4.79 Å². The molecule has 0 atom stereocenters. The van der Waals surface area contributed by atoms with Crippen LogP contribution in [0.3, 0.4) is 0 Å². The van der Waals surface area contributed by atoms with Crippen molar-refractivity contribution in [3.05, 3.63) is 33.8 Å². The molecule has 0 aliphatic carbocycles. The van der Waals surface area contributed by atoms with Gasteiger partial charge < -0.3 is 9.84 Å². The maximum absolute atomic E-state index is 10.5. The third-order valence-corrected chi connectivity index (χ3v) is 2.56. The summed E-state index contributed by atoms with van der Waals surface area (Å²) in [5.74, 6) is -0.629. The molecule has 0 saturated heterocycles. The predicted molar refractivity (Wildman–Crippen MR) is 64.3 cm³/mol. The summed E-state index contributed by atoms with van der Waals surface area (Å²) >= 11 is 11.9. The Hall–Kier alpha value is -1.19. The lowest BCUT2D eigenvalue weighted by Crippen LogP contribution is -1.92. The quantitative estimate of drug-likeness (QED) is 0.847. The molecule has 0 bridgehead atoms. The van der Waals surface area contributed by atoms with Crippen molar-refractivity contribution in [3.8, 4) is 5.75 Å². The molecule has 1 rings (SSSR count). The molecule has 0 aromatic heterocycles. The van der Waals surface area contributed by atoms with Crippen molar-refractivity contribution in [3.63, 3.8) is 0 Å². The highest BCUT2D eigenvalue weighted by atomic mass is 35.5. The Bertz CT molecular complexity index is 430. The molecule has 0 amide bonds. The van der Waals surface area contributed by atoms with E-state index in [0.717, 1.165) is 6.08 Å². The van der Waals surface area contributed by atoms with E-state index in [1.807, 2.05) is 0 Å². The molecule has 0 fully saturated rings. The summed E-state index contributed by atoms with van der Waals surface area (Å²) in [5, 5.41) is 9.32. The van der Waals surface area contributed by atoms with Crippen molar-refractivity contribution < 1.29 is 14.6 Å². The third-order valence-electron chi connectivity index (χ3n) is 2.00. The van der Waals surface area contributed by atoms with Crippen LogP contribution in [0, 0.1) is 0 Å². The fourth-order valence-electron chi connectivity index (χ4n) is 1.25. The van der Waals surface area contributed by atoms with Crippen LogP contribution < -0.4 is 4.74 Å². The predicted octanol–water partition coefficient (Wildman–Crippen LogP) is 3.49. The normalized spacial score (nSPS) is 11.4. The second-order valence-electron chi connectivity index (χ2n) is 3.14. The van der Waals surface area contributed by atoms with E-state index in [4.69, 9.17) is 33.0 Å². The van der Waals surface area contributed by atoms with E-state index in [0.29, 0.717) is 26.9 Å². The Balaban J connectivity index is 3.23. The zero-order valence-corrected chi connectivity index (χ0v) is 10.3. The number of halogens is 2. The van der Waals surface area contributed by atoms with E-state index in [1.165, 1.54) is 7.11 Å². The average Bonchev–Trinajstić information content (AvgIpc) is 2.16. The number of ether oxygens (including phenoxy) is 1. The van der Waals surface area contributed by atoms with Gasteiger partial charge in [-0.05, 0) is 30.2 Å². The smallest absolute Gasteiger partial charge is 0.328 e. The van der Waals surface area contributed by atoms with Gasteiger partial charge in [0.05, 0.1) is 17.2 Å². The molecule has 86 valence electrons. The number of aliphatic carboxylic acids is 1. The van der Waals surface area contributed by atoms with Crippen LogP contribution in [0.1, 0.15) is 12.5 Å². The molecule has 1 aromatic carbocycles. The Labute approximate surface area is 103 Å². The first kappa shape index (κ1) is 12.9. The van der Waals surface area contributed by atoms with Crippen molar-refractivity contribution in [2.45, 2.75) is 6.92 Å². The standard InChI is InChI=1S/C11H10Cl2O3/c1-6(3-10(14)15)7-4-8(12)11(16-2)9(13)5-7/h3-5H,1-2H3,(H,14,15)/b6-3+. The van der Waals surface area contributed by atoms with Crippen LogP contribution in [0.4, 0.5) is 0 Å². The van der Waals surface area contributed by atoms with Crippen molar-refractivity contribution in [2.24, 2.45) is 0 Å². The molecule has 0 saturated carbocycles. The lowest BCUT2D eigenvalue weighted by atomic mass is 10.1. The topological polar surface area (TPSA) is 46.5 Å². The molecular formula is C11H10Cl2O3. The molecule has 3 nitrogen and oxygen atoms in total. The fourth-order valence-corrected chi connectivity index (χ4v) is 1.89. The van der Waals surface area contributed by atoms with Crippen LogP contribution in [0.15, 0.2) is 18.2 Å². The second kappa shape index (κ2) is 5.23. The van der Waals surface area contributed by atoms with Crippen molar-refractivity contribution >= 4 is 34.7 Å². The molecule has 1 N–H and O–H groups in total. The Morgan fingerprint density at radius 2 is 1.88 bits per heavy atom. The summed E-state index contributed by atoms with van der Waals surface area (Å²) in [7, 11) is 1.46. The Morgan fingerprint density at radius 1 is 1.38 bits per heavy atom. The largest absolute Gasteiger partial charge is 0.494 e. The minimum absolute atomic E-state index is 0.350. The third kappa shape index (κ3) is 2.90. The molecule has 16 heavy (non-hydrogen) atoms. The van der Waals surface area contributed by atoms with Crippen LogP contribution in [0.5, 0.6) is 5.75 Å². The van der Waals surface area contributed by atoms with Gasteiger partial charge in [-0.1, -0.05) is 23.2 Å². The minimum Gasteiger partial charge on any atom is -0.494 e. The first-order valence-electron chi connectivity index (χ1n) is 4.40. The van der Waals surface area contributed by atoms with Gasteiger partial charge in [-0.2, -0.15) is 0 Å². The van der Waals surface area contributed by atoms with Gasteiger partial charge in [0.1, 0.15) is 0 Å². The minimum atomic E-state index is -1.01. The monoisotopic (exact) mass is 260 g/mol. The number of hydrogen-bond acceptors (Lipinski definition) is 2. The number of carboxylic acid groups (broad SMARTS) is 1. The highest BCUT2D eigenvalue weighted by Gasteiger charge is 2.09. The lowest BCUT2D eigenvalue weighted by molar-refractivity contribution is -0.131. The number of carboxylic acids is 1. The lowest BCUT2D eigenvalue weighted by Gasteiger charge is -2.08. The number of benzene rings is 1. The number of methoxy groups -OCH3 is 1. The van der Waals surface area contributed by atoms with Gasteiger partial charge in [0.2, 0.25) is 0 Å². The summed E-state index contributed by atoms with van der Waals surface area (Å²) in [6.45, 7) is 1.67.